The van der Waals surface area contributed by atoms with Gasteiger partial charge < -0.3 is 19.9 Å². The minimum Gasteiger partial charge on any atom is -0.479 e. The summed E-state index contributed by atoms with van der Waals surface area (Å²) in [5.74, 6) is 0.548. The van der Waals surface area contributed by atoms with Crippen molar-refractivity contribution >= 4 is 23.3 Å². The summed E-state index contributed by atoms with van der Waals surface area (Å²) in [6.07, 6.45) is 2.48. The molecule has 6 nitrogen and oxygen atoms in total. The molecule has 0 saturated heterocycles. The van der Waals surface area contributed by atoms with Gasteiger partial charge in [0, 0.05) is 25.8 Å². The largest absolute Gasteiger partial charge is 0.479 e. The lowest BCUT2D eigenvalue weighted by atomic mass is 10.1. The fourth-order valence-corrected chi connectivity index (χ4v) is 2.75. The Kier molecular flexibility index (Phi) is 3.98. The molecule has 0 saturated carbocycles. The first-order valence-corrected chi connectivity index (χ1v) is 7.75. The summed E-state index contributed by atoms with van der Waals surface area (Å²) in [5.41, 5.74) is 2.63. The molecular weight excluding hydrogens is 294 g/mol. The van der Waals surface area contributed by atoms with E-state index in [0.29, 0.717) is 23.7 Å². The zero-order valence-electron chi connectivity index (χ0n) is 13.6. The van der Waals surface area contributed by atoms with Crippen LogP contribution >= 0.6 is 0 Å². The predicted octanol–water partition coefficient (Wildman–Crippen LogP) is 2.61. The predicted molar refractivity (Wildman–Crippen MR) is 88.9 cm³/mol. The van der Waals surface area contributed by atoms with Crippen LogP contribution in [0.1, 0.15) is 20.3 Å². The molecule has 1 unspecified atom stereocenters. The number of carbonyl (C=O) groups is 2. The Morgan fingerprint density at radius 1 is 1.39 bits per heavy atom. The van der Waals surface area contributed by atoms with Crippen molar-refractivity contribution in [3.63, 3.8) is 0 Å². The second kappa shape index (κ2) is 5.95. The van der Waals surface area contributed by atoms with Gasteiger partial charge in [0.15, 0.2) is 6.10 Å². The number of benzene rings is 1. The van der Waals surface area contributed by atoms with E-state index in [1.165, 1.54) is 5.57 Å². The molecule has 0 fully saturated rings. The topological polar surface area (TPSA) is 61.9 Å². The number of rotatable bonds is 1. The number of ether oxygens (including phenoxy) is 1. The van der Waals surface area contributed by atoms with Gasteiger partial charge in [-0.1, -0.05) is 11.6 Å². The summed E-state index contributed by atoms with van der Waals surface area (Å²) in [4.78, 5) is 27.6. The Balaban J connectivity index is 1.75. The standard InChI is InChI=1S/C17H21N3O3/c1-11-6-8-20(9-7-11)17(22)18-13-4-5-15-14(10-13)19(3)16(21)12(2)23-15/h4-6,10,12H,7-9H2,1-3H3,(H,18,22). The van der Waals surface area contributed by atoms with Crippen molar-refractivity contribution in [2.45, 2.75) is 26.4 Å². The molecule has 1 atom stereocenters. The highest BCUT2D eigenvalue weighted by Gasteiger charge is 2.29. The van der Waals surface area contributed by atoms with Crippen LogP contribution in [-0.4, -0.2) is 43.1 Å². The number of likely N-dealkylation sites (N-methyl/N-ethyl adjacent to an activating group) is 1. The Hall–Kier alpha value is -2.50. The van der Waals surface area contributed by atoms with E-state index in [-0.39, 0.29) is 11.9 Å². The van der Waals surface area contributed by atoms with Crippen LogP contribution < -0.4 is 15.0 Å². The van der Waals surface area contributed by atoms with Crippen LogP contribution in [0.4, 0.5) is 16.2 Å². The number of hydrogen-bond donors (Lipinski definition) is 1. The van der Waals surface area contributed by atoms with Gasteiger partial charge in [0.2, 0.25) is 0 Å². The van der Waals surface area contributed by atoms with Crippen LogP contribution in [0.5, 0.6) is 5.75 Å². The normalized spacial score (nSPS) is 20.6. The number of urea groups is 1. The smallest absolute Gasteiger partial charge is 0.322 e. The maximum Gasteiger partial charge on any atom is 0.322 e. The second-order valence-electron chi connectivity index (χ2n) is 6.02. The first-order chi connectivity index (χ1) is 11.0. The zero-order chi connectivity index (χ0) is 16.6. The molecule has 6 heteroatoms. The van der Waals surface area contributed by atoms with Crippen molar-refractivity contribution in [2.24, 2.45) is 0 Å². The maximum absolute atomic E-state index is 12.3. The van der Waals surface area contributed by atoms with Crippen molar-refractivity contribution in [3.8, 4) is 5.75 Å². The van der Waals surface area contributed by atoms with E-state index in [2.05, 4.69) is 18.3 Å². The van der Waals surface area contributed by atoms with Crippen molar-refractivity contribution < 1.29 is 14.3 Å². The molecule has 1 aromatic rings. The van der Waals surface area contributed by atoms with E-state index in [9.17, 15) is 9.59 Å². The zero-order valence-corrected chi connectivity index (χ0v) is 13.6. The van der Waals surface area contributed by atoms with Crippen molar-refractivity contribution in [1.29, 1.82) is 0 Å². The van der Waals surface area contributed by atoms with Crippen LogP contribution in [0.15, 0.2) is 29.8 Å². The maximum atomic E-state index is 12.3. The van der Waals surface area contributed by atoms with Crippen LogP contribution in [0, 0.1) is 0 Å². The Morgan fingerprint density at radius 3 is 2.87 bits per heavy atom. The van der Waals surface area contributed by atoms with Gasteiger partial charge in [-0.2, -0.15) is 0 Å². The number of anilines is 2. The molecule has 2 heterocycles. The third kappa shape index (κ3) is 3.02. The first kappa shape index (κ1) is 15.4. The van der Waals surface area contributed by atoms with Crippen LogP contribution in [-0.2, 0) is 4.79 Å². The van der Waals surface area contributed by atoms with Gasteiger partial charge in [-0.15, -0.1) is 0 Å². The highest BCUT2D eigenvalue weighted by Crippen LogP contribution is 2.35. The molecule has 122 valence electrons. The van der Waals surface area contributed by atoms with E-state index in [1.54, 1.807) is 42.0 Å². The molecule has 3 rings (SSSR count). The van der Waals surface area contributed by atoms with Gasteiger partial charge in [0.25, 0.3) is 5.91 Å². The van der Waals surface area contributed by atoms with Crippen LogP contribution in [0.25, 0.3) is 0 Å². The molecule has 1 aromatic carbocycles. The van der Waals surface area contributed by atoms with E-state index in [4.69, 9.17) is 4.74 Å². The minimum atomic E-state index is -0.490. The van der Waals surface area contributed by atoms with E-state index >= 15 is 0 Å². The van der Waals surface area contributed by atoms with Gasteiger partial charge in [-0.3, -0.25) is 4.79 Å². The monoisotopic (exact) mass is 315 g/mol. The summed E-state index contributed by atoms with van der Waals surface area (Å²) in [5, 5.41) is 2.89. The van der Waals surface area contributed by atoms with Crippen molar-refractivity contribution in [2.75, 3.05) is 30.4 Å². The lowest BCUT2D eigenvalue weighted by Gasteiger charge is -2.31. The van der Waals surface area contributed by atoms with Gasteiger partial charge in [-0.25, -0.2) is 4.79 Å². The van der Waals surface area contributed by atoms with Crippen molar-refractivity contribution in [3.05, 3.63) is 29.8 Å². The summed E-state index contributed by atoms with van der Waals surface area (Å²) in [6, 6.07) is 5.21. The molecule has 3 amide bonds. The number of nitrogens with one attached hydrogen (secondary N) is 1. The highest BCUT2D eigenvalue weighted by molar-refractivity contribution is 6.00. The molecule has 0 aromatic heterocycles. The summed E-state index contributed by atoms with van der Waals surface area (Å²) in [6.45, 7) is 5.15. The number of fused-ring (bicyclic) bond motifs is 1. The van der Waals surface area contributed by atoms with Gasteiger partial charge in [0.1, 0.15) is 5.75 Å². The number of amides is 3. The van der Waals surface area contributed by atoms with Crippen molar-refractivity contribution in [1.82, 2.24) is 4.90 Å². The average Bonchev–Trinajstić information content (AvgIpc) is 2.54. The molecule has 0 spiro atoms. The fraction of sp³-hybridized carbons (Fsp3) is 0.412. The third-order valence-electron chi connectivity index (χ3n) is 4.28. The average molecular weight is 315 g/mol. The third-order valence-corrected chi connectivity index (χ3v) is 4.28. The van der Waals surface area contributed by atoms with Gasteiger partial charge >= 0.3 is 6.03 Å². The first-order valence-electron chi connectivity index (χ1n) is 7.75. The molecule has 23 heavy (non-hydrogen) atoms. The van der Waals surface area contributed by atoms with Gasteiger partial charge in [0.05, 0.1) is 5.69 Å². The summed E-state index contributed by atoms with van der Waals surface area (Å²) >= 11 is 0. The highest BCUT2D eigenvalue weighted by atomic mass is 16.5. The minimum absolute atomic E-state index is 0.0994. The van der Waals surface area contributed by atoms with E-state index in [1.807, 2.05) is 0 Å². The Labute approximate surface area is 135 Å². The van der Waals surface area contributed by atoms with Crippen LogP contribution in [0.2, 0.25) is 0 Å². The van der Waals surface area contributed by atoms with E-state index in [0.717, 1.165) is 13.0 Å². The molecule has 2 aliphatic rings. The summed E-state index contributed by atoms with van der Waals surface area (Å²) in [7, 11) is 1.71. The van der Waals surface area contributed by atoms with Gasteiger partial charge in [-0.05, 0) is 38.5 Å². The fourth-order valence-electron chi connectivity index (χ4n) is 2.75. The number of carbonyl (C=O) groups excluding carboxylic acids is 2. The second-order valence-corrected chi connectivity index (χ2v) is 6.02. The molecule has 1 N–H and O–H groups in total. The molecule has 0 aliphatic carbocycles. The Morgan fingerprint density at radius 2 is 2.17 bits per heavy atom. The molecule has 0 bridgehead atoms. The quantitative estimate of drug-likeness (QED) is 0.810. The lowest BCUT2D eigenvalue weighted by Crippen LogP contribution is -2.42. The number of hydrogen-bond acceptors (Lipinski definition) is 3. The number of nitrogens with zero attached hydrogens (tertiary/aromatic N) is 2. The van der Waals surface area contributed by atoms with Crippen LogP contribution in [0.3, 0.4) is 0 Å². The molecule has 0 radical (unpaired) electrons. The summed E-state index contributed by atoms with van der Waals surface area (Å²) < 4.78 is 5.58. The van der Waals surface area contributed by atoms with E-state index < -0.39 is 6.10 Å². The Bertz CT molecular complexity index is 684. The molecular formula is C17H21N3O3. The lowest BCUT2D eigenvalue weighted by molar-refractivity contribution is -0.125. The SMILES string of the molecule is CC1=CCN(C(=O)Nc2ccc3c(c2)N(C)C(=O)C(C)O3)CC1. The molecule has 2 aliphatic heterocycles.